The zero-order valence-corrected chi connectivity index (χ0v) is 47.7. The third-order valence-electron chi connectivity index (χ3n) is 12.6. The monoisotopic (exact) mass is 1020 g/mol. The highest BCUT2D eigenvalue weighted by Crippen LogP contribution is 2.16. The number of aliphatic carboxylic acids is 1. The molecule has 0 aliphatic heterocycles. The van der Waals surface area contributed by atoms with Gasteiger partial charge in [-0.2, -0.15) is 0 Å². The number of quaternary nitrogens is 1. The average molecular weight is 1020 g/mol. The van der Waals surface area contributed by atoms with Gasteiger partial charge in [-0.3, -0.25) is 9.59 Å². The topological polar surface area (TPSA) is 111 Å². The van der Waals surface area contributed by atoms with E-state index in [1.54, 1.807) is 0 Å². The van der Waals surface area contributed by atoms with Crippen LogP contribution < -0.4 is 5.11 Å². The first-order valence-corrected chi connectivity index (χ1v) is 29.7. The number of hydrogen-bond acceptors (Lipinski definition) is 8. The molecular weight excluding hydrogens is 911 g/mol. The highest BCUT2D eigenvalue weighted by Gasteiger charge is 2.22. The number of hydrogen-bond donors (Lipinski definition) is 0. The highest BCUT2D eigenvalue weighted by molar-refractivity contribution is 5.70. The molecule has 0 rings (SSSR count). The van der Waals surface area contributed by atoms with Gasteiger partial charge in [0.25, 0.3) is 0 Å². The van der Waals surface area contributed by atoms with Gasteiger partial charge in [-0.1, -0.05) is 227 Å². The van der Waals surface area contributed by atoms with E-state index in [2.05, 4.69) is 98.9 Å². The van der Waals surface area contributed by atoms with Crippen LogP contribution in [-0.4, -0.2) is 82.3 Å². The van der Waals surface area contributed by atoms with Crippen LogP contribution in [0.2, 0.25) is 0 Å². The van der Waals surface area contributed by atoms with Crippen molar-refractivity contribution in [3.05, 3.63) is 85.1 Å². The number of carboxylic acids is 1. The lowest BCUT2D eigenvalue weighted by atomic mass is 10.0. The van der Waals surface area contributed by atoms with Gasteiger partial charge >= 0.3 is 11.9 Å². The molecule has 0 aliphatic carbocycles. The number of carbonyl (C=O) groups excluding carboxylic acids is 3. The van der Waals surface area contributed by atoms with E-state index in [0.717, 1.165) is 83.5 Å². The molecule has 420 valence electrons. The van der Waals surface area contributed by atoms with Crippen molar-refractivity contribution >= 4 is 17.9 Å². The fourth-order valence-corrected chi connectivity index (χ4v) is 8.06. The second-order valence-electron chi connectivity index (χ2n) is 20.9. The first-order chi connectivity index (χ1) is 35.6. The number of unbranched alkanes of at least 4 members (excludes halogenated alkanes) is 25. The van der Waals surface area contributed by atoms with Crippen LogP contribution >= 0.6 is 0 Å². The van der Waals surface area contributed by atoms with E-state index < -0.39 is 24.3 Å². The molecule has 0 aromatic rings. The Kier molecular flexibility index (Phi) is 52.1. The average Bonchev–Trinajstić information content (AvgIpc) is 3.36. The van der Waals surface area contributed by atoms with E-state index >= 15 is 0 Å². The Morgan fingerprint density at radius 1 is 0.425 bits per heavy atom. The lowest BCUT2D eigenvalue weighted by Gasteiger charge is -2.26. The molecule has 9 nitrogen and oxygen atoms in total. The first kappa shape index (κ1) is 69.5. The summed E-state index contributed by atoms with van der Waals surface area (Å²) in [6.45, 7) is 4.61. The standard InChI is InChI=1S/C64H111NO8/c1-6-8-10-12-14-16-18-20-22-24-26-28-30-31-33-34-36-38-40-42-44-46-48-50-52-54-61(66)71-58-60(59-72-64(63(68)69)70-57-56-65(3,4)5)73-62(67)55-53-51-49-47-45-43-41-39-37-35-32-29-27-25-23-21-19-17-15-13-11-9-7-2/h9,11,15,17,21,23-24,26-27,29,35,37,41,43,60,64H,6-8,10,12-14,16,18-20,22,25,28,30-34,36,38-40,42,44-59H2,1-5H3/b11-9-,17-15-,23-21-,26-24-,29-27-,37-35-,43-41-. The van der Waals surface area contributed by atoms with E-state index in [9.17, 15) is 19.5 Å². The number of carboxylic acid groups (broad SMARTS) is 1. The Hall–Kier alpha value is -3.53. The molecule has 0 aliphatic rings. The second kappa shape index (κ2) is 54.7. The fourth-order valence-electron chi connectivity index (χ4n) is 8.06. The number of allylic oxidation sites excluding steroid dienone is 14. The number of carbonyl (C=O) groups is 3. The van der Waals surface area contributed by atoms with E-state index in [0.29, 0.717) is 17.4 Å². The van der Waals surface area contributed by atoms with Gasteiger partial charge in [0.2, 0.25) is 0 Å². The summed E-state index contributed by atoms with van der Waals surface area (Å²) in [7, 11) is 5.91. The van der Waals surface area contributed by atoms with Crippen molar-refractivity contribution in [2.75, 3.05) is 47.5 Å². The number of ether oxygens (including phenoxy) is 4. The number of esters is 2. The molecule has 2 unspecified atom stereocenters. The molecule has 0 saturated carbocycles. The summed E-state index contributed by atoms with van der Waals surface area (Å²) in [5, 5.41) is 11.8. The maximum atomic E-state index is 12.9. The van der Waals surface area contributed by atoms with Crippen molar-refractivity contribution in [3.63, 3.8) is 0 Å². The van der Waals surface area contributed by atoms with Crippen molar-refractivity contribution in [2.24, 2.45) is 0 Å². The lowest BCUT2D eigenvalue weighted by Crippen LogP contribution is -2.44. The van der Waals surface area contributed by atoms with Crippen LogP contribution in [0.15, 0.2) is 85.1 Å². The normalized spacial score (nSPS) is 13.4. The van der Waals surface area contributed by atoms with Gasteiger partial charge in [0, 0.05) is 12.8 Å². The molecule has 0 spiro atoms. The molecular formula is C64H111NO8. The van der Waals surface area contributed by atoms with Gasteiger partial charge in [0.05, 0.1) is 40.3 Å². The SMILES string of the molecule is CC/C=C\C/C=C\C/C=C\C/C=C\C/C=C\C/C=C\CCCCCCC(=O)OC(COC(=O)CCCCCCCCCCCCCCC/C=C\CCCCCCCCCC)COC(OCC[N+](C)(C)C)C(=O)[O-]. The molecule has 0 heterocycles. The van der Waals surface area contributed by atoms with Crippen LogP contribution in [0, 0.1) is 0 Å². The predicted octanol–water partition coefficient (Wildman–Crippen LogP) is 16.2. The van der Waals surface area contributed by atoms with Gasteiger partial charge in [-0.25, -0.2) is 0 Å². The zero-order valence-electron chi connectivity index (χ0n) is 47.7. The summed E-state index contributed by atoms with van der Waals surface area (Å²) in [4.78, 5) is 37.3. The van der Waals surface area contributed by atoms with E-state index in [4.69, 9.17) is 18.9 Å². The van der Waals surface area contributed by atoms with E-state index in [1.165, 1.54) is 128 Å². The summed E-state index contributed by atoms with van der Waals surface area (Å²) < 4.78 is 22.7. The Balaban J connectivity index is 4.29. The van der Waals surface area contributed by atoms with Crippen molar-refractivity contribution < 1.29 is 42.9 Å². The minimum atomic E-state index is -1.63. The van der Waals surface area contributed by atoms with Crippen molar-refractivity contribution in [3.8, 4) is 0 Å². The largest absolute Gasteiger partial charge is 0.545 e. The minimum absolute atomic E-state index is 0.139. The molecule has 2 atom stereocenters. The second-order valence-corrected chi connectivity index (χ2v) is 20.9. The molecule has 0 saturated heterocycles. The molecule has 9 heteroatoms. The van der Waals surface area contributed by atoms with Crippen molar-refractivity contribution in [2.45, 2.75) is 257 Å². The van der Waals surface area contributed by atoms with E-state index in [1.807, 2.05) is 21.1 Å². The quantitative estimate of drug-likeness (QED) is 0.0195. The van der Waals surface area contributed by atoms with Crippen molar-refractivity contribution in [1.82, 2.24) is 0 Å². The maximum Gasteiger partial charge on any atom is 0.306 e. The third kappa shape index (κ3) is 56.0. The number of nitrogens with zero attached hydrogens (tertiary/aromatic N) is 1. The molecule has 0 fully saturated rings. The van der Waals surface area contributed by atoms with Gasteiger partial charge < -0.3 is 33.3 Å². The van der Waals surface area contributed by atoms with E-state index in [-0.39, 0.29) is 38.6 Å². The third-order valence-corrected chi connectivity index (χ3v) is 12.6. The Morgan fingerprint density at radius 2 is 0.781 bits per heavy atom. The van der Waals surface area contributed by atoms with Gasteiger partial charge in [-0.05, 0) is 89.9 Å². The molecule has 0 N–H and O–H groups in total. The molecule has 0 bridgehead atoms. The summed E-state index contributed by atoms with van der Waals surface area (Å²) in [6, 6.07) is 0. The van der Waals surface area contributed by atoms with Gasteiger partial charge in [0.15, 0.2) is 12.4 Å². The van der Waals surface area contributed by atoms with Crippen LogP contribution in [0.5, 0.6) is 0 Å². The summed E-state index contributed by atoms with van der Waals surface area (Å²) >= 11 is 0. The van der Waals surface area contributed by atoms with Crippen molar-refractivity contribution in [1.29, 1.82) is 0 Å². The zero-order chi connectivity index (χ0) is 53.4. The summed E-state index contributed by atoms with van der Waals surface area (Å²) in [5.74, 6) is -2.32. The summed E-state index contributed by atoms with van der Waals surface area (Å²) in [5.41, 5.74) is 0. The first-order valence-electron chi connectivity index (χ1n) is 29.7. The fraction of sp³-hybridized carbons (Fsp3) is 0.734. The lowest BCUT2D eigenvalue weighted by molar-refractivity contribution is -0.870. The highest BCUT2D eigenvalue weighted by atomic mass is 16.7. The molecule has 0 amide bonds. The van der Waals surface area contributed by atoms with Crippen LogP contribution in [0.3, 0.4) is 0 Å². The van der Waals surface area contributed by atoms with Gasteiger partial charge in [0.1, 0.15) is 13.2 Å². The molecule has 73 heavy (non-hydrogen) atoms. The summed E-state index contributed by atoms with van der Waals surface area (Å²) in [6.07, 6.45) is 69.2. The predicted molar refractivity (Wildman–Crippen MR) is 306 cm³/mol. The Labute approximate surface area is 449 Å². The number of rotatable bonds is 54. The smallest absolute Gasteiger partial charge is 0.306 e. The Morgan fingerprint density at radius 3 is 1.18 bits per heavy atom. The maximum absolute atomic E-state index is 12.9. The number of likely N-dealkylation sites (N-methyl/N-ethyl adjacent to an activating group) is 1. The van der Waals surface area contributed by atoms with Crippen LogP contribution in [0.1, 0.15) is 245 Å². The molecule has 0 aromatic heterocycles. The van der Waals surface area contributed by atoms with Crippen LogP contribution in [0.25, 0.3) is 0 Å². The molecule has 0 aromatic carbocycles. The van der Waals surface area contributed by atoms with Crippen LogP contribution in [0.4, 0.5) is 0 Å². The minimum Gasteiger partial charge on any atom is -0.545 e. The van der Waals surface area contributed by atoms with Gasteiger partial charge in [-0.15, -0.1) is 0 Å². The van der Waals surface area contributed by atoms with Crippen LogP contribution in [-0.2, 0) is 33.3 Å². The molecule has 0 radical (unpaired) electrons. The Bertz CT molecular complexity index is 1470.